The van der Waals surface area contributed by atoms with Crippen molar-refractivity contribution < 1.29 is 4.79 Å². The van der Waals surface area contributed by atoms with Gasteiger partial charge in [0.2, 0.25) is 0 Å². The van der Waals surface area contributed by atoms with Crippen molar-refractivity contribution >= 4 is 11.6 Å². The van der Waals surface area contributed by atoms with E-state index in [1.807, 2.05) is 44.2 Å². The Morgan fingerprint density at radius 1 is 1.10 bits per heavy atom. The Kier molecular flexibility index (Phi) is 2.82. The molecule has 100 valence electrons. The summed E-state index contributed by atoms with van der Waals surface area (Å²) in [5.74, 6) is 1.12. The molecule has 5 heteroatoms. The van der Waals surface area contributed by atoms with Crippen molar-refractivity contribution in [2.24, 2.45) is 0 Å². The number of hydrogen-bond donors (Lipinski definition) is 0. The molecule has 3 aromatic rings. The van der Waals surface area contributed by atoms with E-state index in [0.29, 0.717) is 22.9 Å². The second-order valence-corrected chi connectivity index (χ2v) is 4.73. The molecule has 2 aromatic heterocycles. The van der Waals surface area contributed by atoms with E-state index in [-0.39, 0.29) is 5.78 Å². The number of nitrogens with zero attached hydrogens (tertiary/aromatic N) is 4. The summed E-state index contributed by atoms with van der Waals surface area (Å²) in [7, 11) is 0. The Morgan fingerprint density at radius 2 is 1.80 bits per heavy atom. The molecule has 0 saturated heterocycles. The van der Waals surface area contributed by atoms with E-state index < -0.39 is 0 Å². The standard InChI is InChI=1S/C15H14N4O/c1-9-13(11(3)20)10(2)19-15(16-9)17-14(18-19)12-7-5-4-6-8-12/h4-8H,1-3H3. The zero-order valence-corrected chi connectivity index (χ0v) is 11.6. The molecule has 0 atom stereocenters. The Morgan fingerprint density at radius 3 is 2.45 bits per heavy atom. The molecule has 0 aliphatic heterocycles. The number of aromatic nitrogens is 4. The number of carbonyl (C=O) groups excluding carboxylic acids is 1. The lowest BCUT2D eigenvalue weighted by atomic mass is 10.1. The number of benzene rings is 1. The van der Waals surface area contributed by atoms with Gasteiger partial charge in [0.25, 0.3) is 5.78 Å². The van der Waals surface area contributed by atoms with Gasteiger partial charge in [0.05, 0.1) is 17.0 Å². The van der Waals surface area contributed by atoms with Gasteiger partial charge in [-0.1, -0.05) is 30.3 Å². The molecule has 0 amide bonds. The molecule has 0 bridgehead atoms. The first-order valence-corrected chi connectivity index (χ1v) is 6.38. The number of fused-ring (bicyclic) bond motifs is 1. The van der Waals surface area contributed by atoms with Gasteiger partial charge in [0, 0.05) is 5.56 Å². The van der Waals surface area contributed by atoms with Crippen molar-refractivity contribution in [2.75, 3.05) is 0 Å². The molecule has 2 heterocycles. The van der Waals surface area contributed by atoms with Crippen molar-refractivity contribution in [1.29, 1.82) is 0 Å². The van der Waals surface area contributed by atoms with Gasteiger partial charge in [-0.3, -0.25) is 4.79 Å². The van der Waals surface area contributed by atoms with Crippen LogP contribution in [-0.2, 0) is 0 Å². The highest BCUT2D eigenvalue weighted by molar-refractivity contribution is 5.96. The SMILES string of the molecule is CC(=O)c1c(C)nc2nc(-c3ccccc3)nn2c1C. The number of carbonyl (C=O) groups is 1. The maximum absolute atomic E-state index is 11.7. The second-order valence-electron chi connectivity index (χ2n) is 4.73. The zero-order valence-electron chi connectivity index (χ0n) is 11.6. The first kappa shape index (κ1) is 12.5. The van der Waals surface area contributed by atoms with Crippen LogP contribution in [0.2, 0.25) is 0 Å². The Bertz CT molecular complexity index is 806. The number of aryl methyl sites for hydroxylation is 2. The van der Waals surface area contributed by atoms with Crippen LogP contribution in [-0.4, -0.2) is 25.4 Å². The summed E-state index contributed by atoms with van der Waals surface area (Å²) in [6.07, 6.45) is 0. The molecule has 1 aromatic carbocycles. The Balaban J connectivity index is 2.27. The van der Waals surface area contributed by atoms with E-state index in [1.165, 1.54) is 6.92 Å². The van der Waals surface area contributed by atoms with Gasteiger partial charge >= 0.3 is 0 Å². The molecule has 3 rings (SSSR count). The lowest BCUT2D eigenvalue weighted by molar-refractivity contribution is 0.101. The summed E-state index contributed by atoms with van der Waals surface area (Å²) in [4.78, 5) is 20.5. The van der Waals surface area contributed by atoms with Crippen LogP contribution in [0, 0.1) is 13.8 Å². The summed E-state index contributed by atoms with van der Waals surface area (Å²) in [5.41, 5.74) is 3.01. The molecule has 0 aliphatic rings. The van der Waals surface area contributed by atoms with Gasteiger partial charge in [0.15, 0.2) is 11.6 Å². The molecular formula is C15H14N4O. The van der Waals surface area contributed by atoms with Crippen molar-refractivity contribution in [3.05, 3.63) is 47.3 Å². The number of rotatable bonds is 2. The molecule has 0 N–H and O–H groups in total. The monoisotopic (exact) mass is 266 g/mol. The molecule has 0 fully saturated rings. The Labute approximate surface area is 116 Å². The maximum Gasteiger partial charge on any atom is 0.253 e. The summed E-state index contributed by atoms with van der Waals surface area (Å²) < 4.78 is 1.63. The summed E-state index contributed by atoms with van der Waals surface area (Å²) in [5, 5.41) is 4.46. The average molecular weight is 266 g/mol. The quantitative estimate of drug-likeness (QED) is 0.669. The van der Waals surface area contributed by atoms with Crippen molar-refractivity contribution in [2.45, 2.75) is 20.8 Å². The molecule has 0 radical (unpaired) electrons. The normalized spacial score (nSPS) is 10.9. The number of hydrogen-bond acceptors (Lipinski definition) is 4. The molecule has 0 unspecified atom stereocenters. The van der Waals surface area contributed by atoms with E-state index >= 15 is 0 Å². The van der Waals surface area contributed by atoms with Crippen molar-refractivity contribution in [3.8, 4) is 11.4 Å². The Hall–Kier alpha value is -2.56. The maximum atomic E-state index is 11.7. The second kappa shape index (κ2) is 4.52. The van der Waals surface area contributed by atoms with Gasteiger partial charge in [-0.2, -0.15) is 4.98 Å². The van der Waals surface area contributed by atoms with Crippen molar-refractivity contribution in [1.82, 2.24) is 19.6 Å². The third-order valence-corrected chi connectivity index (χ3v) is 3.28. The molecule has 5 nitrogen and oxygen atoms in total. The van der Waals surface area contributed by atoms with Gasteiger partial charge < -0.3 is 0 Å². The van der Waals surface area contributed by atoms with Crippen LogP contribution in [0.5, 0.6) is 0 Å². The number of Topliss-reactive ketones (excluding diaryl/α,β-unsaturated/α-hetero) is 1. The highest BCUT2D eigenvalue weighted by atomic mass is 16.1. The van der Waals surface area contributed by atoms with Gasteiger partial charge in [-0.05, 0) is 20.8 Å². The highest BCUT2D eigenvalue weighted by Crippen LogP contribution is 2.18. The van der Waals surface area contributed by atoms with E-state index in [2.05, 4.69) is 15.1 Å². The van der Waals surface area contributed by atoms with E-state index in [4.69, 9.17) is 0 Å². The summed E-state index contributed by atoms with van der Waals surface area (Å²) in [6.45, 7) is 5.22. The van der Waals surface area contributed by atoms with E-state index in [9.17, 15) is 4.79 Å². The van der Waals surface area contributed by atoms with Crippen LogP contribution in [0.4, 0.5) is 0 Å². The fourth-order valence-electron chi connectivity index (χ4n) is 2.39. The molecule has 20 heavy (non-hydrogen) atoms. The van der Waals surface area contributed by atoms with Gasteiger partial charge in [-0.25, -0.2) is 9.50 Å². The predicted molar refractivity (Wildman–Crippen MR) is 75.7 cm³/mol. The van der Waals surface area contributed by atoms with E-state index in [1.54, 1.807) is 4.52 Å². The van der Waals surface area contributed by atoms with Crippen molar-refractivity contribution in [3.63, 3.8) is 0 Å². The fraction of sp³-hybridized carbons (Fsp3) is 0.200. The van der Waals surface area contributed by atoms with Gasteiger partial charge in [0.1, 0.15) is 0 Å². The first-order valence-electron chi connectivity index (χ1n) is 6.38. The zero-order chi connectivity index (χ0) is 14.3. The highest BCUT2D eigenvalue weighted by Gasteiger charge is 2.16. The minimum Gasteiger partial charge on any atom is -0.294 e. The topological polar surface area (TPSA) is 60.2 Å². The van der Waals surface area contributed by atoms with Crippen LogP contribution in [0.15, 0.2) is 30.3 Å². The van der Waals surface area contributed by atoms with Crippen LogP contribution in [0.1, 0.15) is 28.7 Å². The van der Waals surface area contributed by atoms with Gasteiger partial charge in [-0.15, -0.1) is 5.10 Å². The number of ketones is 1. The summed E-state index contributed by atoms with van der Waals surface area (Å²) >= 11 is 0. The minimum atomic E-state index is -0.00818. The third-order valence-electron chi connectivity index (χ3n) is 3.28. The third kappa shape index (κ3) is 1.87. The largest absolute Gasteiger partial charge is 0.294 e. The fourth-order valence-corrected chi connectivity index (χ4v) is 2.39. The van der Waals surface area contributed by atoms with Crippen LogP contribution < -0.4 is 0 Å². The minimum absolute atomic E-state index is 0.00818. The lowest BCUT2D eigenvalue weighted by Crippen LogP contribution is -2.09. The first-order chi connectivity index (χ1) is 9.58. The lowest BCUT2D eigenvalue weighted by Gasteiger charge is -2.06. The van der Waals surface area contributed by atoms with Crippen LogP contribution >= 0.6 is 0 Å². The van der Waals surface area contributed by atoms with Crippen LogP contribution in [0.3, 0.4) is 0 Å². The summed E-state index contributed by atoms with van der Waals surface area (Å²) in [6, 6.07) is 9.72. The predicted octanol–water partition coefficient (Wildman–Crippen LogP) is 2.61. The molecule has 0 spiro atoms. The van der Waals surface area contributed by atoms with E-state index in [0.717, 1.165) is 11.3 Å². The smallest absolute Gasteiger partial charge is 0.253 e. The molecule has 0 saturated carbocycles. The molecule has 0 aliphatic carbocycles. The average Bonchev–Trinajstić information content (AvgIpc) is 2.83. The van der Waals surface area contributed by atoms with Crippen LogP contribution in [0.25, 0.3) is 17.2 Å². The molecular weight excluding hydrogens is 252 g/mol.